The van der Waals surface area contributed by atoms with Crippen LogP contribution in [-0.2, 0) is 0 Å². The Kier molecular flexibility index (Phi) is 3.66. The van der Waals surface area contributed by atoms with E-state index in [1.54, 1.807) is 12.4 Å². The van der Waals surface area contributed by atoms with E-state index in [9.17, 15) is 0 Å². The minimum Gasteiger partial charge on any atom is -0.293 e. The van der Waals surface area contributed by atoms with Crippen LogP contribution in [0.1, 0.15) is 0 Å². The van der Waals surface area contributed by atoms with Crippen molar-refractivity contribution in [3.8, 4) is 39.1 Å². The van der Waals surface area contributed by atoms with E-state index in [0.29, 0.717) is 0 Å². The van der Waals surface area contributed by atoms with E-state index in [1.807, 2.05) is 0 Å². The lowest BCUT2D eigenvalue weighted by atomic mass is 9.94. The van der Waals surface area contributed by atoms with Crippen LogP contribution < -0.4 is 0 Å². The van der Waals surface area contributed by atoms with Gasteiger partial charge in [-0.2, -0.15) is 0 Å². The highest BCUT2D eigenvalue weighted by Gasteiger charge is 2.22. The number of benzene rings is 5. The Morgan fingerprint density at radius 1 is 0.486 bits per heavy atom. The van der Waals surface area contributed by atoms with Crippen LogP contribution in [-0.4, -0.2) is 14.5 Å². The molecular weight excluding hydrogens is 426 g/mol. The van der Waals surface area contributed by atoms with Gasteiger partial charge < -0.3 is 0 Å². The van der Waals surface area contributed by atoms with E-state index < -0.39 is 0 Å². The number of fused-ring (bicyclic) bond motifs is 6. The first-order valence-electron chi connectivity index (χ1n) is 11.8. The fourth-order valence-electron chi connectivity index (χ4n) is 5.78. The van der Waals surface area contributed by atoms with Crippen LogP contribution in [0.3, 0.4) is 0 Å². The zero-order valence-electron chi connectivity index (χ0n) is 18.8. The summed E-state index contributed by atoms with van der Waals surface area (Å²) in [6.07, 6.45) is 3.52. The van der Waals surface area contributed by atoms with Gasteiger partial charge in [-0.25, -0.2) is 4.98 Å². The predicted molar refractivity (Wildman–Crippen MR) is 144 cm³/mol. The summed E-state index contributed by atoms with van der Waals surface area (Å²) >= 11 is 0. The zero-order valence-corrected chi connectivity index (χ0v) is 18.8. The summed E-state index contributed by atoms with van der Waals surface area (Å²) in [6, 6.07) is 37.1. The number of hydrogen-bond donors (Lipinski definition) is 0. The molecule has 2 aromatic heterocycles. The molecule has 0 aliphatic heterocycles. The fraction of sp³-hybridized carbons (Fsp3) is 0. The number of hydrogen-bond acceptors (Lipinski definition) is 2. The Morgan fingerprint density at radius 3 is 2.00 bits per heavy atom. The molecule has 0 saturated heterocycles. The molecule has 1 aliphatic rings. The van der Waals surface area contributed by atoms with E-state index in [1.165, 1.54) is 44.2 Å². The lowest BCUT2D eigenvalue weighted by Crippen LogP contribution is -1.95. The molecule has 8 rings (SSSR count). The third kappa shape index (κ3) is 2.50. The third-order valence-corrected chi connectivity index (χ3v) is 7.28. The van der Waals surface area contributed by atoms with Crippen molar-refractivity contribution in [1.29, 1.82) is 0 Å². The summed E-state index contributed by atoms with van der Waals surface area (Å²) in [5, 5.41) is 3.77. The van der Waals surface area contributed by atoms with Gasteiger partial charge in [-0.15, -0.1) is 0 Å². The molecule has 0 fully saturated rings. The van der Waals surface area contributed by atoms with Gasteiger partial charge in [0.25, 0.3) is 0 Å². The fourth-order valence-corrected chi connectivity index (χ4v) is 5.78. The number of aromatic nitrogens is 3. The lowest BCUT2D eigenvalue weighted by molar-refractivity contribution is 1.12. The van der Waals surface area contributed by atoms with Crippen molar-refractivity contribution in [2.45, 2.75) is 0 Å². The summed E-state index contributed by atoms with van der Waals surface area (Å²) in [6.45, 7) is 0. The highest BCUT2D eigenvalue weighted by atomic mass is 15.1. The van der Waals surface area contributed by atoms with Gasteiger partial charge in [0.05, 0.1) is 5.52 Å². The van der Waals surface area contributed by atoms with E-state index >= 15 is 0 Å². The summed E-state index contributed by atoms with van der Waals surface area (Å²) in [7, 11) is 0. The summed E-state index contributed by atoms with van der Waals surface area (Å²) in [5.74, 6) is 0. The van der Waals surface area contributed by atoms with Crippen molar-refractivity contribution in [2.75, 3.05) is 0 Å². The van der Waals surface area contributed by atoms with Crippen molar-refractivity contribution in [1.82, 2.24) is 14.5 Å². The van der Waals surface area contributed by atoms with Crippen molar-refractivity contribution >= 4 is 32.8 Å². The van der Waals surface area contributed by atoms with Crippen molar-refractivity contribution < 1.29 is 0 Å². The maximum Gasteiger partial charge on any atom is 0.164 e. The van der Waals surface area contributed by atoms with Gasteiger partial charge in [0.2, 0.25) is 0 Å². The molecule has 0 amide bonds. The van der Waals surface area contributed by atoms with Gasteiger partial charge in [0.1, 0.15) is 5.52 Å². The number of para-hydroxylation sites is 1. The molecule has 3 nitrogen and oxygen atoms in total. The van der Waals surface area contributed by atoms with Crippen LogP contribution in [0.4, 0.5) is 0 Å². The molecule has 0 spiro atoms. The Hall–Kier alpha value is -4.76. The highest BCUT2D eigenvalue weighted by molar-refractivity contribution is 6.18. The minimum absolute atomic E-state index is 0.879. The summed E-state index contributed by atoms with van der Waals surface area (Å²) in [4.78, 5) is 9.27. The molecule has 5 aromatic carbocycles. The summed E-state index contributed by atoms with van der Waals surface area (Å²) < 4.78 is 2.20. The zero-order chi connectivity index (χ0) is 22.9. The van der Waals surface area contributed by atoms with Gasteiger partial charge in [-0.05, 0) is 62.4 Å². The predicted octanol–water partition coefficient (Wildman–Crippen LogP) is 8.04. The second kappa shape index (κ2) is 6.87. The van der Waals surface area contributed by atoms with Crippen LogP contribution in [0.25, 0.3) is 71.9 Å². The maximum absolute atomic E-state index is 4.66. The quantitative estimate of drug-likeness (QED) is 0.269. The Morgan fingerprint density at radius 2 is 1.14 bits per heavy atom. The lowest BCUT2D eigenvalue weighted by Gasteiger charge is -2.11. The third-order valence-electron chi connectivity index (χ3n) is 7.28. The van der Waals surface area contributed by atoms with Crippen molar-refractivity contribution in [2.24, 2.45) is 0 Å². The van der Waals surface area contributed by atoms with Crippen LogP contribution in [0.2, 0.25) is 0 Å². The molecule has 1 aliphatic carbocycles. The molecule has 0 saturated carbocycles. The second-order valence-electron chi connectivity index (χ2n) is 9.06. The Balaban J connectivity index is 1.31. The molecule has 0 N–H and O–H groups in total. The second-order valence-corrected chi connectivity index (χ2v) is 9.06. The number of nitrogens with zero attached hydrogens (tertiary/aromatic N) is 3. The van der Waals surface area contributed by atoms with E-state index in [-0.39, 0.29) is 0 Å². The molecule has 0 atom stereocenters. The number of rotatable bonds is 2. The SMILES string of the molecule is c1ccc2c(c1)-c1cccc3c(-c4ccc(-n5c6ccccc6c6nccnc65)cc4)ccc-2c13. The van der Waals surface area contributed by atoms with E-state index in [4.69, 9.17) is 0 Å². The highest BCUT2D eigenvalue weighted by Crippen LogP contribution is 2.49. The Bertz CT molecular complexity index is 1860. The van der Waals surface area contributed by atoms with E-state index in [0.717, 1.165) is 27.8 Å². The normalized spacial score (nSPS) is 12.0. The minimum atomic E-state index is 0.879. The molecule has 35 heavy (non-hydrogen) atoms. The molecule has 2 heterocycles. The average molecular weight is 446 g/mol. The topological polar surface area (TPSA) is 30.7 Å². The van der Waals surface area contributed by atoms with Crippen LogP contribution >= 0.6 is 0 Å². The monoisotopic (exact) mass is 445 g/mol. The van der Waals surface area contributed by atoms with Crippen LogP contribution in [0.15, 0.2) is 116 Å². The standard InChI is InChI=1S/C32H19N3/c1-2-7-24-23(6-1)26-10-5-9-25-22(16-17-27(24)30(25)26)20-12-14-21(15-13-20)35-29-11-4-3-8-28(29)31-32(35)34-19-18-33-31/h1-19H. The Labute approximate surface area is 202 Å². The molecule has 7 aromatic rings. The average Bonchev–Trinajstić information content (AvgIpc) is 3.44. The van der Waals surface area contributed by atoms with Gasteiger partial charge in [0, 0.05) is 23.5 Å². The van der Waals surface area contributed by atoms with Gasteiger partial charge in [-0.3, -0.25) is 9.55 Å². The van der Waals surface area contributed by atoms with Gasteiger partial charge >= 0.3 is 0 Å². The largest absolute Gasteiger partial charge is 0.293 e. The smallest absolute Gasteiger partial charge is 0.164 e. The van der Waals surface area contributed by atoms with Crippen molar-refractivity contribution in [3.05, 3.63) is 116 Å². The molecule has 0 unspecified atom stereocenters. The van der Waals surface area contributed by atoms with Crippen LogP contribution in [0.5, 0.6) is 0 Å². The molecule has 162 valence electrons. The summed E-state index contributed by atoms with van der Waals surface area (Å²) in [5.41, 5.74) is 11.8. The first kappa shape index (κ1) is 18.6. The first-order valence-corrected chi connectivity index (χ1v) is 11.8. The molecular formula is C32H19N3. The van der Waals surface area contributed by atoms with Gasteiger partial charge in [-0.1, -0.05) is 84.9 Å². The van der Waals surface area contributed by atoms with Gasteiger partial charge in [0.15, 0.2) is 5.65 Å². The van der Waals surface area contributed by atoms with Crippen LogP contribution in [0, 0.1) is 0 Å². The maximum atomic E-state index is 4.66. The first-order chi connectivity index (χ1) is 17.4. The molecule has 0 radical (unpaired) electrons. The molecule has 3 heteroatoms. The molecule has 0 bridgehead atoms. The van der Waals surface area contributed by atoms with E-state index in [2.05, 4.69) is 118 Å². The van der Waals surface area contributed by atoms with Crippen molar-refractivity contribution in [3.63, 3.8) is 0 Å².